The summed E-state index contributed by atoms with van der Waals surface area (Å²) in [5.41, 5.74) is 0.810. The fourth-order valence-corrected chi connectivity index (χ4v) is 7.75. The van der Waals surface area contributed by atoms with Crippen molar-refractivity contribution in [3.05, 3.63) is 35.9 Å². The highest BCUT2D eigenvalue weighted by atomic mass is 32.2. The minimum Gasteiger partial charge on any atom is -0.379 e. The van der Waals surface area contributed by atoms with Gasteiger partial charge in [-0.3, -0.25) is 19.2 Å². The molecule has 12 nitrogen and oxygen atoms in total. The lowest BCUT2D eigenvalue weighted by Crippen LogP contribution is -2.59. The van der Waals surface area contributed by atoms with E-state index < -0.39 is 39.4 Å². The summed E-state index contributed by atoms with van der Waals surface area (Å²) in [7, 11) is 1.44. The Labute approximate surface area is 300 Å². The average molecular weight is 722 g/mol. The first-order chi connectivity index (χ1) is 23.5. The van der Waals surface area contributed by atoms with E-state index in [1.165, 1.54) is 0 Å². The van der Waals surface area contributed by atoms with E-state index in [-0.39, 0.29) is 66.7 Å². The zero-order chi connectivity index (χ0) is 37.8. The molecular formula is C37H63N5O7S. The van der Waals surface area contributed by atoms with Gasteiger partial charge in [0, 0.05) is 45.8 Å². The Bertz CT molecular complexity index is 1360. The number of likely N-dealkylation sites (tertiary alicyclic amines) is 1. The summed E-state index contributed by atoms with van der Waals surface area (Å²) in [4.78, 5) is 57.4. The van der Waals surface area contributed by atoms with Gasteiger partial charge in [0.05, 0.1) is 24.6 Å². The molecule has 1 aliphatic rings. The monoisotopic (exact) mass is 721 g/mol. The van der Waals surface area contributed by atoms with Crippen molar-refractivity contribution in [2.45, 2.75) is 122 Å². The van der Waals surface area contributed by atoms with Crippen LogP contribution in [0.2, 0.25) is 0 Å². The topological polar surface area (TPSA) is 154 Å². The molecule has 0 aliphatic carbocycles. The number of nitrogens with one attached hydrogen (secondary N) is 3. The van der Waals surface area contributed by atoms with Crippen molar-refractivity contribution in [3.63, 3.8) is 0 Å². The number of ether oxygens (including phenoxy) is 1. The Morgan fingerprint density at radius 2 is 1.62 bits per heavy atom. The third-order valence-electron chi connectivity index (χ3n) is 10.1. The molecule has 284 valence electrons. The summed E-state index contributed by atoms with van der Waals surface area (Å²) in [6.45, 7) is 12.3. The van der Waals surface area contributed by atoms with Gasteiger partial charge in [-0.1, -0.05) is 78.3 Å². The van der Waals surface area contributed by atoms with E-state index in [1.54, 1.807) is 31.0 Å². The molecule has 13 heteroatoms. The van der Waals surface area contributed by atoms with Gasteiger partial charge in [-0.15, -0.1) is 0 Å². The number of hydrogen-bond acceptors (Lipinski definition) is 8. The SMILES string of the molecule is CCC(C)C(C(CC(=O)N1CCCC1CCC(=O)NC(Cc1ccccc1)S(C)(=O)=O)OC)N(C)C(=O)C(NC(=O)C(NC)C(C)C)C(C)C. The van der Waals surface area contributed by atoms with E-state index in [9.17, 15) is 27.6 Å². The number of hydrogen-bond donors (Lipinski definition) is 3. The predicted molar refractivity (Wildman–Crippen MR) is 197 cm³/mol. The largest absolute Gasteiger partial charge is 0.379 e. The first-order valence-corrected chi connectivity index (χ1v) is 20.0. The van der Waals surface area contributed by atoms with Crippen LogP contribution in [-0.2, 0) is 40.2 Å². The quantitative estimate of drug-likeness (QED) is 0.186. The van der Waals surface area contributed by atoms with Gasteiger partial charge in [-0.2, -0.15) is 0 Å². The molecule has 1 aromatic carbocycles. The van der Waals surface area contributed by atoms with Crippen molar-refractivity contribution in [1.82, 2.24) is 25.8 Å². The first kappa shape index (κ1) is 43.1. The van der Waals surface area contributed by atoms with Crippen LogP contribution in [0, 0.1) is 17.8 Å². The fourth-order valence-electron chi connectivity index (χ4n) is 6.91. The maximum absolute atomic E-state index is 14.0. The molecule has 0 bridgehead atoms. The Hall–Kier alpha value is -3.03. The number of carbonyl (C=O) groups is 4. The van der Waals surface area contributed by atoms with Gasteiger partial charge in [0.2, 0.25) is 23.6 Å². The number of nitrogens with zero attached hydrogens (tertiary/aromatic N) is 2. The van der Waals surface area contributed by atoms with Crippen molar-refractivity contribution in [1.29, 1.82) is 0 Å². The minimum atomic E-state index is -3.55. The van der Waals surface area contributed by atoms with Gasteiger partial charge < -0.3 is 30.5 Å². The molecule has 3 N–H and O–H groups in total. The highest BCUT2D eigenvalue weighted by Crippen LogP contribution is 2.27. The minimum absolute atomic E-state index is 0.0114. The van der Waals surface area contributed by atoms with Gasteiger partial charge in [0.25, 0.3) is 0 Å². The molecule has 1 aliphatic heterocycles. The van der Waals surface area contributed by atoms with Crippen LogP contribution in [0.25, 0.3) is 0 Å². The van der Waals surface area contributed by atoms with E-state index in [1.807, 2.05) is 71.9 Å². The van der Waals surface area contributed by atoms with E-state index in [0.717, 1.165) is 31.1 Å². The molecular weight excluding hydrogens is 659 g/mol. The van der Waals surface area contributed by atoms with Crippen LogP contribution < -0.4 is 16.0 Å². The van der Waals surface area contributed by atoms with Crippen LogP contribution in [-0.4, -0.2) is 111 Å². The third-order valence-corrected chi connectivity index (χ3v) is 11.4. The molecule has 1 fully saturated rings. The fraction of sp³-hybridized carbons (Fsp3) is 0.730. The predicted octanol–water partition coefficient (Wildman–Crippen LogP) is 3.15. The lowest BCUT2D eigenvalue weighted by molar-refractivity contribution is -0.146. The van der Waals surface area contributed by atoms with Gasteiger partial charge in [0.15, 0.2) is 9.84 Å². The molecule has 0 radical (unpaired) electrons. The number of amides is 4. The second-order valence-corrected chi connectivity index (χ2v) is 16.8. The summed E-state index contributed by atoms with van der Waals surface area (Å²) in [6, 6.07) is 7.35. The van der Waals surface area contributed by atoms with Crippen LogP contribution in [0.3, 0.4) is 0 Å². The zero-order valence-corrected chi connectivity index (χ0v) is 32.7. The summed E-state index contributed by atoms with van der Waals surface area (Å²) < 4.78 is 30.9. The van der Waals surface area contributed by atoms with Gasteiger partial charge in [-0.25, -0.2) is 8.42 Å². The normalized spacial score (nSPS) is 18.6. The van der Waals surface area contributed by atoms with Crippen molar-refractivity contribution >= 4 is 33.5 Å². The molecule has 7 atom stereocenters. The van der Waals surface area contributed by atoms with Gasteiger partial charge >= 0.3 is 0 Å². The molecule has 50 heavy (non-hydrogen) atoms. The van der Waals surface area contributed by atoms with Crippen molar-refractivity contribution < 1.29 is 32.3 Å². The first-order valence-electron chi connectivity index (χ1n) is 18.0. The van der Waals surface area contributed by atoms with Crippen LogP contribution in [0.15, 0.2) is 30.3 Å². The van der Waals surface area contributed by atoms with E-state index in [0.29, 0.717) is 13.0 Å². The van der Waals surface area contributed by atoms with Crippen molar-refractivity contribution in [2.75, 3.05) is 34.0 Å². The second kappa shape index (κ2) is 20.1. The molecule has 0 aromatic heterocycles. The van der Waals surface area contributed by atoms with Crippen molar-refractivity contribution in [2.24, 2.45) is 17.8 Å². The van der Waals surface area contributed by atoms with Gasteiger partial charge in [0.1, 0.15) is 11.4 Å². The molecule has 2 rings (SSSR count). The number of benzene rings is 1. The summed E-state index contributed by atoms with van der Waals surface area (Å²) in [6.07, 6.45) is 3.50. The Morgan fingerprint density at radius 1 is 1.00 bits per heavy atom. The maximum atomic E-state index is 14.0. The number of sulfone groups is 1. The molecule has 1 saturated heterocycles. The lowest BCUT2D eigenvalue weighted by Gasteiger charge is -2.40. The number of rotatable bonds is 20. The summed E-state index contributed by atoms with van der Waals surface area (Å²) in [5.74, 6) is -1.12. The molecule has 0 saturated carbocycles. The van der Waals surface area contributed by atoms with Crippen molar-refractivity contribution in [3.8, 4) is 0 Å². The van der Waals surface area contributed by atoms with Crippen LogP contribution in [0.5, 0.6) is 0 Å². The smallest absolute Gasteiger partial charge is 0.245 e. The Kier molecular flexibility index (Phi) is 17.4. The third kappa shape index (κ3) is 12.3. The van der Waals surface area contributed by atoms with E-state index in [2.05, 4.69) is 16.0 Å². The molecule has 7 unspecified atom stereocenters. The molecule has 0 spiro atoms. The number of likely N-dealkylation sites (N-methyl/N-ethyl adjacent to an activating group) is 2. The average Bonchev–Trinajstić information content (AvgIpc) is 3.54. The number of carbonyl (C=O) groups excluding carboxylic acids is 4. The number of methoxy groups -OCH3 is 1. The second-order valence-electron chi connectivity index (χ2n) is 14.5. The highest BCUT2D eigenvalue weighted by molar-refractivity contribution is 7.91. The maximum Gasteiger partial charge on any atom is 0.245 e. The van der Waals surface area contributed by atoms with Crippen LogP contribution >= 0.6 is 0 Å². The molecule has 1 heterocycles. The summed E-state index contributed by atoms with van der Waals surface area (Å²) in [5, 5.41) is 7.66. The van der Waals surface area contributed by atoms with Crippen LogP contribution in [0.1, 0.15) is 85.6 Å². The Balaban J connectivity index is 2.14. The van der Waals surface area contributed by atoms with Crippen LogP contribution in [0.4, 0.5) is 0 Å². The Morgan fingerprint density at radius 3 is 2.14 bits per heavy atom. The van der Waals surface area contributed by atoms with E-state index in [4.69, 9.17) is 4.74 Å². The van der Waals surface area contributed by atoms with E-state index >= 15 is 0 Å². The summed E-state index contributed by atoms with van der Waals surface area (Å²) >= 11 is 0. The molecule has 1 aromatic rings. The molecule has 4 amide bonds. The van der Waals surface area contributed by atoms with Gasteiger partial charge in [-0.05, 0) is 49.6 Å². The zero-order valence-electron chi connectivity index (χ0n) is 31.9. The lowest BCUT2D eigenvalue weighted by atomic mass is 9.89. The standard InChI is InChI=1S/C37H63N5O7S/c1-11-26(6)35(41(8)37(46)34(25(4)5)40-36(45)33(38-7)24(2)3)29(49-9)23-32(44)42-21-15-18-28(42)19-20-30(43)39-31(50(10,47)48)22-27-16-13-12-14-17-27/h12-14,16-17,24-26,28-29,31,33-35,38H,11,15,18-23H2,1-10H3,(H,39,43)(H,40,45). The highest BCUT2D eigenvalue weighted by Gasteiger charge is 2.40.